The normalized spacial score (nSPS) is 26.3. The molecule has 116 valence electrons. The monoisotopic (exact) mass is 287 g/mol. The minimum absolute atomic E-state index is 0.840. The van der Waals surface area contributed by atoms with Crippen molar-refractivity contribution in [1.82, 2.24) is 9.88 Å². The van der Waals surface area contributed by atoms with Crippen molar-refractivity contribution in [3.8, 4) is 0 Å². The summed E-state index contributed by atoms with van der Waals surface area (Å²) < 4.78 is 0. The predicted molar refractivity (Wildman–Crippen MR) is 88.4 cm³/mol. The number of anilines is 1. The van der Waals surface area contributed by atoms with E-state index in [0.717, 1.165) is 37.3 Å². The van der Waals surface area contributed by atoms with Crippen molar-refractivity contribution < 1.29 is 0 Å². The summed E-state index contributed by atoms with van der Waals surface area (Å²) in [6, 6.07) is 5.26. The minimum Gasteiger partial charge on any atom is -0.370 e. The first-order valence-corrected chi connectivity index (χ1v) is 8.79. The molecule has 21 heavy (non-hydrogen) atoms. The first-order valence-electron chi connectivity index (χ1n) is 8.79. The molecule has 1 saturated carbocycles. The molecule has 0 aromatic carbocycles. The molecular weight excluding hydrogens is 258 g/mol. The summed E-state index contributed by atoms with van der Waals surface area (Å²) in [4.78, 5) is 7.16. The van der Waals surface area contributed by atoms with Gasteiger partial charge in [-0.15, -0.1) is 0 Å². The van der Waals surface area contributed by atoms with Crippen LogP contribution in [0.4, 0.5) is 5.82 Å². The fraction of sp³-hybridized carbons (Fsp3) is 0.722. The number of piperidine rings is 1. The quantitative estimate of drug-likeness (QED) is 0.885. The highest BCUT2D eigenvalue weighted by Gasteiger charge is 2.32. The van der Waals surface area contributed by atoms with Crippen molar-refractivity contribution in [3.63, 3.8) is 0 Å². The summed E-state index contributed by atoms with van der Waals surface area (Å²) in [5.41, 5.74) is 1.41. The van der Waals surface area contributed by atoms with Gasteiger partial charge in [-0.25, -0.2) is 4.98 Å². The lowest BCUT2D eigenvalue weighted by molar-refractivity contribution is 0.0547. The Labute approximate surface area is 129 Å². The molecule has 3 heteroatoms. The molecular formula is C18H29N3. The molecule has 3 nitrogen and oxygen atoms in total. The van der Waals surface area contributed by atoms with Gasteiger partial charge < -0.3 is 5.32 Å². The molecule has 1 aromatic heterocycles. The zero-order chi connectivity index (χ0) is 14.5. The molecule has 2 atom stereocenters. The van der Waals surface area contributed by atoms with E-state index in [9.17, 15) is 0 Å². The number of nitrogens with zero attached hydrogens (tertiary/aromatic N) is 2. The van der Waals surface area contributed by atoms with Crippen LogP contribution < -0.4 is 5.32 Å². The van der Waals surface area contributed by atoms with Crippen LogP contribution in [0, 0.1) is 5.92 Å². The zero-order valence-corrected chi connectivity index (χ0v) is 13.4. The standard InChI is InChI=1S/C18H29N3/c1-2-10-19-18-13-15(9-11-20-18)14-21-12-5-7-16-6-3-4-8-17(16)21/h9,11,13,16-17H,2-8,10,12,14H2,1H3,(H,19,20). The summed E-state index contributed by atoms with van der Waals surface area (Å²) in [6.07, 6.45) is 11.7. The molecule has 0 radical (unpaired) electrons. The molecule has 2 heterocycles. The van der Waals surface area contributed by atoms with Gasteiger partial charge in [0.05, 0.1) is 0 Å². The number of hydrogen-bond acceptors (Lipinski definition) is 3. The fourth-order valence-electron chi connectivity index (χ4n) is 4.08. The van der Waals surface area contributed by atoms with Crippen molar-refractivity contribution in [2.24, 2.45) is 5.92 Å². The lowest BCUT2D eigenvalue weighted by atomic mass is 9.78. The summed E-state index contributed by atoms with van der Waals surface area (Å²) in [7, 11) is 0. The average molecular weight is 287 g/mol. The third-order valence-corrected chi connectivity index (χ3v) is 5.12. The molecule has 1 aromatic rings. The molecule has 1 aliphatic carbocycles. The highest BCUT2D eigenvalue weighted by Crippen LogP contribution is 2.35. The molecule has 3 rings (SSSR count). The largest absolute Gasteiger partial charge is 0.370 e. The fourth-order valence-corrected chi connectivity index (χ4v) is 4.08. The van der Waals surface area contributed by atoms with Gasteiger partial charge in [0.1, 0.15) is 5.82 Å². The van der Waals surface area contributed by atoms with Gasteiger partial charge in [-0.05, 0) is 62.3 Å². The predicted octanol–water partition coefficient (Wildman–Crippen LogP) is 4.06. The third-order valence-electron chi connectivity index (χ3n) is 5.12. The number of pyridine rings is 1. The maximum absolute atomic E-state index is 4.42. The number of aromatic nitrogens is 1. The van der Waals surface area contributed by atoms with E-state index >= 15 is 0 Å². The van der Waals surface area contributed by atoms with Crippen LogP contribution in [-0.2, 0) is 6.54 Å². The average Bonchev–Trinajstić information content (AvgIpc) is 2.54. The topological polar surface area (TPSA) is 28.2 Å². The Kier molecular flexibility index (Phi) is 5.13. The van der Waals surface area contributed by atoms with Gasteiger partial charge in [-0.3, -0.25) is 4.90 Å². The summed E-state index contributed by atoms with van der Waals surface area (Å²) >= 11 is 0. The SMILES string of the molecule is CCCNc1cc(CN2CCCC3CCCCC32)ccn1. The van der Waals surface area contributed by atoms with Crippen LogP contribution in [0.1, 0.15) is 57.4 Å². The molecule has 0 bridgehead atoms. The zero-order valence-electron chi connectivity index (χ0n) is 13.4. The number of fused-ring (bicyclic) bond motifs is 1. The Hall–Kier alpha value is -1.09. The summed E-state index contributed by atoms with van der Waals surface area (Å²) in [5.74, 6) is 2.00. The van der Waals surface area contributed by atoms with Gasteiger partial charge in [0.25, 0.3) is 0 Å². The Bertz CT molecular complexity index is 444. The number of nitrogens with one attached hydrogen (secondary N) is 1. The molecule has 0 spiro atoms. The van der Waals surface area contributed by atoms with Crippen LogP contribution in [0.3, 0.4) is 0 Å². The Morgan fingerprint density at radius 2 is 2.10 bits per heavy atom. The van der Waals surface area contributed by atoms with Crippen molar-refractivity contribution in [3.05, 3.63) is 23.9 Å². The second-order valence-electron chi connectivity index (χ2n) is 6.70. The van der Waals surface area contributed by atoms with Crippen molar-refractivity contribution in [1.29, 1.82) is 0 Å². The van der Waals surface area contributed by atoms with E-state index in [1.165, 1.54) is 50.6 Å². The molecule has 1 aliphatic heterocycles. The van der Waals surface area contributed by atoms with E-state index in [-0.39, 0.29) is 0 Å². The summed E-state index contributed by atoms with van der Waals surface area (Å²) in [6.45, 7) is 5.57. The van der Waals surface area contributed by atoms with E-state index < -0.39 is 0 Å². The molecule has 2 unspecified atom stereocenters. The molecule has 0 amide bonds. The second-order valence-corrected chi connectivity index (χ2v) is 6.70. The third kappa shape index (κ3) is 3.76. The highest BCUT2D eigenvalue weighted by molar-refractivity contribution is 5.37. The van der Waals surface area contributed by atoms with Crippen LogP contribution in [-0.4, -0.2) is 29.0 Å². The molecule has 1 saturated heterocycles. The molecule has 2 aliphatic rings. The van der Waals surface area contributed by atoms with Gasteiger partial charge in [0.2, 0.25) is 0 Å². The van der Waals surface area contributed by atoms with Gasteiger partial charge >= 0.3 is 0 Å². The summed E-state index contributed by atoms with van der Waals surface area (Å²) in [5, 5.41) is 3.40. The van der Waals surface area contributed by atoms with Gasteiger partial charge in [-0.1, -0.05) is 19.8 Å². The Morgan fingerprint density at radius 3 is 3.00 bits per heavy atom. The number of hydrogen-bond donors (Lipinski definition) is 1. The van der Waals surface area contributed by atoms with E-state index in [1.807, 2.05) is 6.20 Å². The maximum atomic E-state index is 4.42. The Morgan fingerprint density at radius 1 is 1.24 bits per heavy atom. The molecule has 2 fully saturated rings. The van der Waals surface area contributed by atoms with Crippen molar-refractivity contribution >= 4 is 5.82 Å². The van der Waals surface area contributed by atoms with Crippen LogP contribution >= 0.6 is 0 Å². The number of rotatable bonds is 5. The highest BCUT2D eigenvalue weighted by atomic mass is 15.2. The smallest absolute Gasteiger partial charge is 0.126 e. The second kappa shape index (κ2) is 7.26. The first kappa shape index (κ1) is 14.8. The number of likely N-dealkylation sites (tertiary alicyclic amines) is 1. The van der Waals surface area contributed by atoms with E-state index in [0.29, 0.717) is 0 Å². The van der Waals surface area contributed by atoms with Crippen LogP contribution in [0.25, 0.3) is 0 Å². The lowest BCUT2D eigenvalue weighted by Crippen LogP contribution is -2.46. The Balaban J connectivity index is 1.64. The first-order chi connectivity index (χ1) is 10.4. The van der Waals surface area contributed by atoms with Crippen molar-refractivity contribution in [2.75, 3.05) is 18.4 Å². The lowest BCUT2D eigenvalue weighted by Gasteiger charge is -2.44. The van der Waals surface area contributed by atoms with Crippen LogP contribution in [0.15, 0.2) is 18.3 Å². The van der Waals surface area contributed by atoms with Gasteiger partial charge in [0.15, 0.2) is 0 Å². The van der Waals surface area contributed by atoms with Crippen molar-refractivity contribution in [2.45, 2.75) is 64.5 Å². The molecule has 1 N–H and O–H groups in total. The van der Waals surface area contributed by atoms with E-state index in [4.69, 9.17) is 0 Å². The van der Waals surface area contributed by atoms with Gasteiger partial charge in [-0.2, -0.15) is 0 Å². The van der Waals surface area contributed by atoms with Crippen LogP contribution in [0.2, 0.25) is 0 Å². The van der Waals surface area contributed by atoms with E-state index in [1.54, 1.807) is 0 Å². The van der Waals surface area contributed by atoms with Gasteiger partial charge in [0, 0.05) is 25.3 Å². The maximum Gasteiger partial charge on any atom is 0.126 e. The minimum atomic E-state index is 0.840. The van der Waals surface area contributed by atoms with Crippen LogP contribution in [0.5, 0.6) is 0 Å². The van der Waals surface area contributed by atoms with E-state index in [2.05, 4.69) is 34.3 Å².